The SMILES string of the molecule is N#CCC(=O)NCc1ccccc1NC(=O)c1ccc(F)cc1. The number of amides is 2. The predicted molar refractivity (Wildman–Crippen MR) is 82.9 cm³/mol. The fraction of sp³-hybridized carbons (Fsp3) is 0.118. The highest BCUT2D eigenvalue weighted by molar-refractivity contribution is 6.04. The van der Waals surface area contributed by atoms with Gasteiger partial charge in [-0.2, -0.15) is 5.26 Å². The Labute approximate surface area is 132 Å². The normalized spacial score (nSPS) is 9.74. The van der Waals surface area contributed by atoms with Crippen molar-refractivity contribution < 1.29 is 14.0 Å². The number of para-hydroxylation sites is 1. The van der Waals surface area contributed by atoms with Crippen LogP contribution < -0.4 is 10.6 Å². The van der Waals surface area contributed by atoms with E-state index in [1.54, 1.807) is 30.3 Å². The fourth-order valence-electron chi connectivity index (χ4n) is 1.92. The Morgan fingerprint density at radius 3 is 2.48 bits per heavy atom. The lowest BCUT2D eigenvalue weighted by molar-refractivity contribution is -0.120. The van der Waals surface area contributed by atoms with Crippen LogP contribution in [0.4, 0.5) is 10.1 Å². The van der Waals surface area contributed by atoms with Crippen molar-refractivity contribution in [2.24, 2.45) is 0 Å². The van der Waals surface area contributed by atoms with Gasteiger partial charge in [0.1, 0.15) is 12.2 Å². The third-order valence-electron chi connectivity index (χ3n) is 3.09. The van der Waals surface area contributed by atoms with Gasteiger partial charge in [-0.25, -0.2) is 4.39 Å². The van der Waals surface area contributed by atoms with Gasteiger partial charge < -0.3 is 10.6 Å². The summed E-state index contributed by atoms with van der Waals surface area (Å²) in [5, 5.41) is 13.8. The number of carbonyl (C=O) groups excluding carboxylic acids is 2. The third-order valence-corrected chi connectivity index (χ3v) is 3.09. The van der Waals surface area contributed by atoms with Gasteiger partial charge >= 0.3 is 0 Å². The molecular weight excluding hydrogens is 297 g/mol. The summed E-state index contributed by atoms with van der Waals surface area (Å²) in [6, 6.07) is 14.0. The van der Waals surface area contributed by atoms with Crippen molar-refractivity contribution >= 4 is 17.5 Å². The Morgan fingerprint density at radius 1 is 1.09 bits per heavy atom. The first-order valence-corrected chi connectivity index (χ1v) is 6.88. The number of nitrogens with zero attached hydrogens (tertiary/aromatic N) is 1. The number of nitrogens with one attached hydrogen (secondary N) is 2. The number of rotatable bonds is 5. The van der Waals surface area contributed by atoms with E-state index in [9.17, 15) is 14.0 Å². The van der Waals surface area contributed by atoms with Crippen LogP contribution in [-0.4, -0.2) is 11.8 Å². The summed E-state index contributed by atoms with van der Waals surface area (Å²) >= 11 is 0. The predicted octanol–water partition coefficient (Wildman–Crippen LogP) is 2.61. The van der Waals surface area contributed by atoms with E-state index in [1.165, 1.54) is 24.3 Å². The maximum absolute atomic E-state index is 12.9. The molecule has 0 aromatic heterocycles. The summed E-state index contributed by atoms with van der Waals surface area (Å²) in [4.78, 5) is 23.5. The molecule has 0 heterocycles. The van der Waals surface area contributed by atoms with E-state index in [4.69, 9.17) is 5.26 Å². The highest BCUT2D eigenvalue weighted by Gasteiger charge is 2.10. The third kappa shape index (κ3) is 4.64. The molecule has 0 radical (unpaired) electrons. The quantitative estimate of drug-likeness (QED) is 0.890. The number of halogens is 1. The topological polar surface area (TPSA) is 82.0 Å². The van der Waals surface area contributed by atoms with Crippen molar-refractivity contribution in [2.75, 3.05) is 5.32 Å². The summed E-state index contributed by atoms with van der Waals surface area (Å²) in [6.45, 7) is 0.195. The number of carbonyl (C=O) groups is 2. The second kappa shape index (κ2) is 7.71. The molecular formula is C17H14FN3O2. The smallest absolute Gasteiger partial charge is 0.255 e. The van der Waals surface area contributed by atoms with Crippen LogP contribution in [0.25, 0.3) is 0 Å². The van der Waals surface area contributed by atoms with Gasteiger partial charge in [0.25, 0.3) is 5.91 Å². The van der Waals surface area contributed by atoms with Gasteiger partial charge in [-0.1, -0.05) is 18.2 Å². The summed E-state index contributed by atoms with van der Waals surface area (Å²) < 4.78 is 12.9. The highest BCUT2D eigenvalue weighted by atomic mass is 19.1. The van der Waals surface area contributed by atoms with Gasteiger partial charge in [0.05, 0.1) is 6.07 Å². The van der Waals surface area contributed by atoms with E-state index in [0.29, 0.717) is 16.8 Å². The molecule has 0 fully saturated rings. The molecule has 5 nitrogen and oxygen atoms in total. The van der Waals surface area contributed by atoms with Crippen LogP contribution in [0, 0.1) is 17.1 Å². The minimum atomic E-state index is -0.415. The van der Waals surface area contributed by atoms with Crippen molar-refractivity contribution in [1.29, 1.82) is 5.26 Å². The second-order valence-corrected chi connectivity index (χ2v) is 4.73. The Bertz CT molecular complexity index is 751. The van der Waals surface area contributed by atoms with Crippen LogP contribution in [-0.2, 0) is 11.3 Å². The summed E-state index contributed by atoms with van der Waals surface area (Å²) in [6.07, 6.45) is -0.218. The van der Waals surface area contributed by atoms with Gasteiger partial charge in [-0.3, -0.25) is 9.59 Å². The van der Waals surface area contributed by atoms with Gasteiger partial charge in [0.2, 0.25) is 5.91 Å². The van der Waals surface area contributed by atoms with E-state index in [2.05, 4.69) is 10.6 Å². The molecule has 0 saturated carbocycles. The van der Waals surface area contributed by atoms with Gasteiger partial charge in [0, 0.05) is 17.8 Å². The molecule has 2 N–H and O–H groups in total. The molecule has 0 atom stereocenters. The Hall–Kier alpha value is -3.20. The first-order chi connectivity index (χ1) is 11.1. The van der Waals surface area contributed by atoms with Crippen LogP contribution in [0.15, 0.2) is 48.5 Å². The molecule has 0 saturated heterocycles. The van der Waals surface area contributed by atoms with E-state index in [-0.39, 0.29) is 24.8 Å². The molecule has 0 aliphatic carbocycles. The average Bonchev–Trinajstić information content (AvgIpc) is 2.55. The van der Waals surface area contributed by atoms with Crippen molar-refractivity contribution in [3.63, 3.8) is 0 Å². The van der Waals surface area contributed by atoms with Crippen molar-refractivity contribution in [3.8, 4) is 6.07 Å². The van der Waals surface area contributed by atoms with Crippen LogP contribution in [0.2, 0.25) is 0 Å². The molecule has 2 rings (SSSR count). The van der Waals surface area contributed by atoms with E-state index >= 15 is 0 Å². The number of hydrogen-bond acceptors (Lipinski definition) is 3. The van der Waals surface area contributed by atoms with Crippen LogP contribution >= 0.6 is 0 Å². The van der Waals surface area contributed by atoms with Gasteiger partial charge in [-0.15, -0.1) is 0 Å². The summed E-state index contributed by atoms with van der Waals surface area (Å²) in [5.41, 5.74) is 1.57. The molecule has 0 aliphatic heterocycles. The monoisotopic (exact) mass is 311 g/mol. The van der Waals surface area contributed by atoms with Crippen molar-refractivity contribution in [1.82, 2.24) is 5.32 Å². The average molecular weight is 311 g/mol. The maximum atomic E-state index is 12.9. The second-order valence-electron chi connectivity index (χ2n) is 4.73. The van der Waals surface area contributed by atoms with Gasteiger partial charge in [-0.05, 0) is 35.9 Å². The molecule has 6 heteroatoms. The van der Waals surface area contributed by atoms with E-state index in [0.717, 1.165) is 0 Å². The standard InChI is InChI=1S/C17H14FN3O2/c18-14-7-5-12(6-8-14)17(23)21-15-4-2-1-3-13(15)11-20-16(22)9-10-19/h1-8H,9,11H2,(H,20,22)(H,21,23). The first-order valence-electron chi connectivity index (χ1n) is 6.88. The lowest BCUT2D eigenvalue weighted by atomic mass is 10.1. The van der Waals surface area contributed by atoms with Gasteiger partial charge in [0.15, 0.2) is 0 Å². The molecule has 0 unspecified atom stereocenters. The lowest BCUT2D eigenvalue weighted by Gasteiger charge is -2.11. The van der Waals surface area contributed by atoms with Crippen molar-refractivity contribution in [3.05, 3.63) is 65.5 Å². The zero-order chi connectivity index (χ0) is 16.7. The lowest BCUT2D eigenvalue weighted by Crippen LogP contribution is -2.23. The highest BCUT2D eigenvalue weighted by Crippen LogP contribution is 2.16. The molecule has 2 amide bonds. The first kappa shape index (κ1) is 16.2. The molecule has 116 valence electrons. The Morgan fingerprint density at radius 2 is 1.78 bits per heavy atom. The number of nitriles is 1. The zero-order valence-corrected chi connectivity index (χ0v) is 12.2. The largest absolute Gasteiger partial charge is 0.351 e. The Balaban J connectivity index is 2.08. The molecule has 2 aromatic rings. The van der Waals surface area contributed by atoms with Crippen molar-refractivity contribution in [2.45, 2.75) is 13.0 Å². The van der Waals surface area contributed by atoms with E-state index < -0.39 is 5.82 Å². The summed E-state index contributed by atoms with van der Waals surface area (Å²) in [7, 11) is 0. The minimum Gasteiger partial charge on any atom is -0.351 e. The van der Waals surface area contributed by atoms with Crippen LogP contribution in [0.5, 0.6) is 0 Å². The molecule has 23 heavy (non-hydrogen) atoms. The van der Waals surface area contributed by atoms with E-state index in [1.807, 2.05) is 0 Å². The number of benzene rings is 2. The van der Waals surface area contributed by atoms with Crippen LogP contribution in [0.1, 0.15) is 22.3 Å². The summed E-state index contributed by atoms with van der Waals surface area (Å²) in [5.74, 6) is -1.17. The molecule has 2 aromatic carbocycles. The number of anilines is 1. The molecule has 0 aliphatic rings. The zero-order valence-electron chi connectivity index (χ0n) is 12.2. The molecule has 0 bridgehead atoms. The maximum Gasteiger partial charge on any atom is 0.255 e. The Kier molecular flexibility index (Phi) is 5.42. The van der Waals surface area contributed by atoms with Crippen LogP contribution in [0.3, 0.4) is 0 Å². The fourth-order valence-corrected chi connectivity index (χ4v) is 1.92. The molecule has 0 spiro atoms. The minimum absolute atomic E-state index is 0.195. The number of hydrogen-bond donors (Lipinski definition) is 2.